The predicted octanol–water partition coefficient (Wildman–Crippen LogP) is 25.3. The highest BCUT2D eigenvalue weighted by molar-refractivity contribution is 6.29. The van der Waals surface area contributed by atoms with Crippen molar-refractivity contribution >= 4 is 72.9 Å². The zero-order valence-electron chi connectivity index (χ0n) is 53.2. The summed E-state index contributed by atoms with van der Waals surface area (Å²) in [5, 5.41) is 21.4. The lowest BCUT2D eigenvalue weighted by Gasteiger charge is -2.36. The molecule has 0 amide bonds. The third-order valence-corrected chi connectivity index (χ3v) is 23.2. The van der Waals surface area contributed by atoms with Gasteiger partial charge >= 0.3 is 0 Å². The zero-order chi connectivity index (χ0) is 60.5. The first-order valence-electron chi connectivity index (χ1n) is 35.4. The van der Waals surface area contributed by atoms with Gasteiger partial charge in [0.05, 0.1) is 23.1 Å². The van der Waals surface area contributed by atoms with E-state index in [0.29, 0.717) is 41.3 Å². The Morgan fingerprint density at radius 2 is 0.967 bits per heavy atom. The molecule has 4 heteroatoms. The van der Waals surface area contributed by atoms with Gasteiger partial charge in [-0.25, -0.2) is 0 Å². The fourth-order valence-corrected chi connectivity index (χ4v) is 18.5. The molecule has 7 aliphatic rings. The Bertz CT molecular complexity index is 4470. The van der Waals surface area contributed by atoms with E-state index >= 15 is 0 Å². The van der Waals surface area contributed by atoms with E-state index in [2.05, 4.69) is 217 Å². The Morgan fingerprint density at radius 3 is 1.60 bits per heavy atom. The van der Waals surface area contributed by atoms with Crippen molar-refractivity contribution in [3.05, 3.63) is 239 Å². The third-order valence-electron chi connectivity index (χ3n) is 23.2. The molecule has 91 heavy (non-hydrogen) atoms. The molecule has 0 spiro atoms. The number of fused-ring (bicyclic) bond motifs is 3. The van der Waals surface area contributed by atoms with Crippen LogP contribution in [0.1, 0.15) is 221 Å². The van der Waals surface area contributed by atoms with Crippen LogP contribution in [0.15, 0.2) is 193 Å². The molecular weight excluding hydrogens is 1100 g/mol. The Morgan fingerprint density at radius 1 is 0.429 bits per heavy atom. The van der Waals surface area contributed by atoms with Gasteiger partial charge in [0, 0.05) is 44.8 Å². The van der Waals surface area contributed by atoms with Gasteiger partial charge in [-0.05, 0) is 222 Å². The summed E-state index contributed by atoms with van der Waals surface area (Å²) in [7, 11) is 0. The van der Waals surface area contributed by atoms with Crippen LogP contribution in [0.4, 0.5) is 28.4 Å². The van der Waals surface area contributed by atoms with Gasteiger partial charge in [-0.2, -0.15) is 0 Å². The molecule has 4 fully saturated rings. The Balaban J connectivity index is 0.905. The molecule has 456 valence electrons. The topological polar surface area (TPSA) is 39.9 Å². The lowest BCUT2D eigenvalue weighted by Crippen LogP contribution is -2.25. The summed E-state index contributed by atoms with van der Waals surface area (Å²) in [5.74, 6) is 5.33. The van der Waals surface area contributed by atoms with Crippen molar-refractivity contribution in [1.29, 1.82) is 0 Å². The number of phenols is 1. The molecule has 0 aliphatic heterocycles. The Labute approximate surface area is 539 Å². The molecule has 0 radical (unpaired) electrons. The molecular formula is C87H86N2O2. The molecule has 3 atom stereocenters. The number of para-hydroxylation sites is 1. The van der Waals surface area contributed by atoms with Crippen LogP contribution in [-0.4, -0.2) is 5.11 Å². The second-order valence-electron chi connectivity index (χ2n) is 28.4. The monoisotopic (exact) mass is 1190 g/mol. The van der Waals surface area contributed by atoms with Gasteiger partial charge in [0.1, 0.15) is 17.3 Å². The summed E-state index contributed by atoms with van der Waals surface area (Å²) < 4.78 is 7.59. The number of hydrogen-bond donors (Lipinski definition) is 1. The molecule has 4 nitrogen and oxygen atoms in total. The summed E-state index contributed by atoms with van der Waals surface area (Å²) >= 11 is 0. The zero-order valence-corrected chi connectivity index (χ0v) is 53.2. The SMILES string of the molecule is Cc1ccccc1-c1cccc(-c2cccc(N(c3ccc(C4CCCCC4)cc3)c3cc(C4CCCC4)c4ccc5c(N(c6ccc(C7CCCCC7)cc6)C6CC=Cc7c6oc6c7C=CCC6C6C=CC=CC6)cc(C6CCCC6)c6ccc3c4c65)c2O)c1. The lowest BCUT2D eigenvalue weighted by atomic mass is 9.79. The number of phenolic OH excluding ortho intramolecular Hbond substituents is 1. The Hall–Kier alpha value is -8.34. The lowest BCUT2D eigenvalue weighted by molar-refractivity contribution is 0.366. The van der Waals surface area contributed by atoms with Gasteiger partial charge in [-0.15, -0.1) is 0 Å². The minimum Gasteiger partial charge on any atom is -0.505 e. The quantitative estimate of drug-likeness (QED) is 0.117. The molecule has 9 aromatic carbocycles. The first-order chi connectivity index (χ1) is 45.0. The smallest absolute Gasteiger partial charge is 0.147 e. The molecule has 10 aromatic rings. The van der Waals surface area contributed by atoms with E-state index in [4.69, 9.17) is 4.42 Å². The molecule has 17 rings (SSSR count). The highest BCUT2D eigenvalue weighted by atomic mass is 16.3. The fraction of sp³-hybridized carbons (Fsp3) is 0.333. The van der Waals surface area contributed by atoms with Crippen molar-refractivity contribution in [2.45, 2.75) is 177 Å². The van der Waals surface area contributed by atoms with Crippen LogP contribution in [-0.2, 0) is 0 Å². The normalized spacial score (nSPS) is 20.6. The molecule has 0 saturated heterocycles. The number of hydrogen-bond acceptors (Lipinski definition) is 4. The highest BCUT2D eigenvalue weighted by Gasteiger charge is 2.39. The first kappa shape index (κ1) is 56.6. The van der Waals surface area contributed by atoms with Crippen LogP contribution < -0.4 is 9.80 Å². The average molecular weight is 1190 g/mol. The van der Waals surface area contributed by atoms with Crippen LogP contribution >= 0.6 is 0 Å². The second kappa shape index (κ2) is 24.0. The standard InChI is InChI=1S/C87H86N2O2/c1-56-21-11-16-34-68(56)64-32-17-33-65(53-64)69-35-19-39-79(85(69)90)88(66-45-41-59(42-46-66)57-22-5-2-6-23-57)81-54-77(62-28-12-13-29-62)71-50-52-76-82(55-78(63-30-14-15-31-63)72-49-51-75(81)83(71)84(72)76)89(67-47-43-60(44-48-67)58-24-7-3-8-25-58)80-40-20-38-74-73-37-18-36-70(86(73)91-87(74)80)61-26-9-4-10-27-61/h4,9-11,16-21,26,32-35,37-39,41-55,57-58,61-63,70,80,90H,2-3,5-8,12-15,22-25,27-31,36,40H2,1H3. The fourth-order valence-electron chi connectivity index (χ4n) is 18.5. The highest BCUT2D eigenvalue weighted by Crippen LogP contribution is 2.57. The van der Waals surface area contributed by atoms with Crippen LogP contribution in [0.3, 0.4) is 0 Å². The van der Waals surface area contributed by atoms with Crippen molar-refractivity contribution in [3.63, 3.8) is 0 Å². The number of rotatable bonds is 13. The van der Waals surface area contributed by atoms with E-state index in [9.17, 15) is 5.11 Å². The van der Waals surface area contributed by atoms with Gasteiger partial charge in [-0.1, -0.05) is 216 Å². The summed E-state index contributed by atoms with van der Waals surface area (Å²) in [4.78, 5) is 5.21. The van der Waals surface area contributed by atoms with Crippen molar-refractivity contribution in [3.8, 4) is 28.0 Å². The van der Waals surface area contributed by atoms with E-state index in [1.807, 2.05) is 0 Å². The first-order valence-corrected chi connectivity index (χ1v) is 35.4. The summed E-state index contributed by atoms with van der Waals surface area (Å²) in [6.07, 6.45) is 44.4. The number of allylic oxidation sites excluding steroid dienone is 5. The maximum Gasteiger partial charge on any atom is 0.147 e. The molecule has 1 N–H and O–H groups in total. The minimum atomic E-state index is -0.0683. The van der Waals surface area contributed by atoms with Crippen molar-refractivity contribution < 1.29 is 9.52 Å². The van der Waals surface area contributed by atoms with Crippen LogP contribution in [0.2, 0.25) is 0 Å². The van der Waals surface area contributed by atoms with E-state index < -0.39 is 0 Å². The molecule has 3 unspecified atom stereocenters. The number of aromatic hydroxyl groups is 1. The van der Waals surface area contributed by atoms with Crippen LogP contribution in [0, 0.1) is 12.8 Å². The number of furan rings is 1. The van der Waals surface area contributed by atoms with Crippen LogP contribution in [0.25, 0.3) is 66.7 Å². The molecule has 1 aromatic heterocycles. The number of nitrogens with zero attached hydrogens (tertiary/aromatic N) is 2. The van der Waals surface area contributed by atoms with E-state index in [1.54, 1.807) is 0 Å². The number of aryl methyl sites for hydroxylation is 1. The Kier molecular flexibility index (Phi) is 15.0. The minimum absolute atomic E-state index is 0.0683. The molecule has 7 aliphatic carbocycles. The summed E-state index contributed by atoms with van der Waals surface area (Å²) in [5.41, 5.74) is 19.3. The van der Waals surface area contributed by atoms with Gasteiger partial charge < -0.3 is 19.3 Å². The van der Waals surface area contributed by atoms with Crippen molar-refractivity contribution in [2.75, 3.05) is 9.80 Å². The van der Waals surface area contributed by atoms with E-state index in [1.165, 1.54) is 204 Å². The third kappa shape index (κ3) is 10.1. The number of anilines is 5. The van der Waals surface area contributed by atoms with E-state index in [0.717, 1.165) is 64.5 Å². The summed E-state index contributed by atoms with van der Waals surface area (Å²) in [6.45, 7) is 2.19. The van der Waals surface area contributed by atoms with E-state index in [-0.39, 0.29) is 6.04 Å². The maximum absolute atomic E-state index is 13.3. The van der Waals surface area contributed by atoms with Crippen LogP contribution in [0.5, 0.6) is 5.75 Å². The van der Waals surface area contributed by atoms with Gasteiger partial charge in [0.25, 0.3) is 0 Å². The van der Waals surface area contributed by atoms with Crippen molar-refractivity contribution in [2.24, 2.45) is 5.92 Å². The maximum atomic E-state index is 13.3. The van der Waals surface area contributed by atoms with Gasteiger partial charge in [0.15, 0.2) is 0 Å². The average Bonchev–Trinajstić information content (AvgIpc) is 1.05. The second-order valence-corrected chi connectivity index (χ2v) is 28.4. The number of benzene rings is 9. The van der Waals surface area contributed by atoms with Gasteiger partial charge in [-0.3, -0.25) is 0 Å². The summed E-state index contributed by atoms with van der Waals surface area (Å²) in [6, 6.07) is 58.6. The molecule has 0 bridgehead atoms. The van der Waals surface area contributed by atoms with Crippen molar-refractivity contribution in [1.82, 2.24) is 0 Å². The largest absolute Gasteiger partial charge is 0.505 e. The molecule has 4 saturated carbocycles. The molecule has 1 heterocycles. The predicted molar refractivity (Wildman–Crippen MR) is 383 cm³/mol. The van der Waals surface area contributed by atoms with Gasteiger partial charge in [0.2, 0.25) is 0 Å².